The molecule has 0 bridgehead atoms. The van der Waals surface area contributed by atoms with Crippen LogP contribution in [0.15, 0.2) is 54.6 Å². The molecule has 3 fully saturated rings. The summed E-state index contributed by atoms with van der Waals surface area (Å²) < 4.78 is 0. The topological polar surface area (TPSA) is 40.6 Å². The van der Waals surface area contributed by atoms with E-state index in [1.165, 1.54) is 16.7 Å². The lowest BCUT2D eigenvalue weighted by Crippen LogP contribution is -2.50. The molecule has 1 aliphatic carbocycles. The predicted molar refractivity (Wildman–Crippen MR) is 140 cm³/mol. The first-order chi connectivity index (χ1) is 17.1. The van der Waals surface area contributed by atoms with Gasteiger partial charge in [0.2, 0.25) is 11.8 Å². The fourth-order valence-electron chi connectivity index (χ4n) is 6.61. The summed E-state index contributed by atoms with van der Waals surface area (Å²) in [5.74, 6) is 1.29. The van der Waals surface area contributed by atoms with Crippen LogP contribution >= 0.6 is 0 Å². The van der Waals surface area contributed by atoms with Crippen molar-refractivity contribution in [2.24, 2.45) is 17.8 Å². The fraction of sp³-hybridized carbons (Fsp3) is 0.548. The minimum atomic E-state index is -0.0629. The number of nitrogens with zero attached hydrogens (tertiary/aromatic N) is 2. The molecule has 2 heterocycles. The van der Waals surface area contributed by atoms with Gasteiger partial charge in [-0.2, -0.15) is 0 Å². The largest absolute Gasteiger partial charge is 0.342 e. The van der Waals surface area contributed by atoms with Gasteiger partial charge in [-0.15, -0.1) is 0 Å². The molecule has 2 aromatic rings. The number of hydrogen-bond acceptors (Lipinski definition) is 2. The second-order valence-corrected chi connectivity index (χ2v) is 11.1. The highest BCUT2D eigenvalue weighted by molar-refractivity contribution is 5.83. The average Bonchev–Trinajstić information content (AvgIpc) is 3.44. The Balaban J connectivity index is 1.24. The van der Waals surface area contributed by atoms with Gasteiger partial charge in [-0.1, -0.05) is 73.0 Å². The number of aryl methyl sites for hydroxylation is 1. The van der Waals surface area contributed by atoms with E-state index in [1.54, 1.807) is 0 Å². The summed E-state index contributed by atoms with van der Waals surface area (Å²) in [5.41, 5.74) is 3.85. The Morgan fingerprint density at radius 2 is 1.54 bits per heavy atom. The fourth-order valence-corrected chi connectivity index (χ4v) is 6.61. The SMILES string of the molecule is Cc1cccc([C@H]2CC[C@@H](C(=O)N3CCC(Cc4ccccc4)CC3)CN2C(=O)C2CCCC2)c1. The minimum Gasteiger partial charge on any atom is -0.342 e. The summed E-state index contributed by atoms with van der Waals surface area (Å²) in [7, 11) is 0. The van der Waals surface area contributed by atoms with Gasteiger partial charge in [-0.25, -0.2) is 0 Å². The maximum Gasteiger partial charge on any atom is 0.227 e. The van der Waals surface area contributed by atoms with E-state index in [0.717, 1.165) is 70.9 Å². The van der Waals surface area contributed by atoms with Crippen molar-refractivity contribution < 1.29 is 9.59 Å². The van der Waals surface area contributed by atoms with Crippen molar-refractivity contribution in [3.05, 3.63) is 71.3 Å². The third-order valence-electron chi connectivity index (χ3n) is 8.64. The zero-order valence-electron chi connectivity index (χ0n) is 21.2. The van der Waals surface area contributed by atoms with Crippen molar-refractivity contribution in [1.82, 2.24) is 9.80 Å². The van der Waals surface area contributed by atoms with Crippen LogP contribution in [-0.4, -0.2) is 41.2 Å². The third-order valence-corrected chi connectivity index (χ3v) is 8.64. The van der Waals surface area contributed by atoms with E-state index >= 15 is 0 Å². The molecule has 0 N–H and O–H groups in total. The number of piperidine rings is 2. The molecule has 4 nitrogen and oxygen atoms in total. The molecule has 2 aromatic carbocycles. The van der Waals surface area contributed by atoms with E-state index in [4.69, 9.17) is 0 Å². The average molecular weight is 473 g/mol. The van der Waals surface area contributed by atoms with E-state index in [0.29, 0.717) is 12.5 Å². The normalized spacial score (nSPS) is 24.0. The molecule has 2 aliphatic heterocycles. The first-order valence-corrected chi connectivity index (χ1v) is 13.8. The van der Waals surface area contributed by atoms with Gasteiger partial charge in [0.25, 0.3) is 0 Å². The Kier molecular flexibility index (Phi) is 7.55. The van der Waals surface area contributed by atoms with Gasteiger partial charge < -0.3 is 9.80 Å². The lowest BCUT2D eigenvalue weighted by molar-refractivity contribution is -0.146. The number of benzene rings is 2. The molecule has 0 radical (unpaired) electrons. The highest BCUT2D eigenvalue weighted by atomic mass is 16.2. The van der Waals surface area contributed by atoms with Crippen LogP contribution in [0.4, 0.5) is 0 Å². The molecular formula is C31H40N2O2. The van der Waals surface area contributed by atoms with Crippen LogP contribution in [-0.2, 0) is 16.0 Å². The molecular weight excluding hydrogens is 432 g/mol. The van der Waals surface area contributed by atoms with Gasteiger partial charge in [-0.05, 0) is 68.9 Å². The number of rotatable bonds is 5. The molecule has 186 valence electrons. The summed E-state index contributed by atoms with van der Waals surface area (Å²) in [4.78, 5) is 31.4. The maximum absolute atomic E-state index is 13.6. The van der Waals surface area contributed by atoms with Gasteiger partial charge in [0.1, 0.15) is 0 Å². The maximum atomic E-state index is 13.6. The van der Waals surface area contributed by atoms with Crippen molar-refractivity contribution >= 4 is 11.8 Å². The Bertz CT molecular complexity index is 1010. The van der Waals surface area contributed by atoms with Crippen molar-refractivity contribution in [3.63, 3.8) is 0 Å². The van der Waals surface area contributed by atoms with E-state index in [1.807, 2.05) is 0 Å². The van der Waals surface area contributed by atoms with Crippen molar-refractivity contribution in [3.8, 4) is 0 Å². The summed E-state index contributed by atoms with van der Waals surface area (Å²) in [6.45, 7) is 4.40. The van der Waals surface area contributed by atoms with E-state index < -0.39 is 0 Å². The van der Waals surface area contributed by atoms with Gasteiger partial charge in [0, 0.05) is 25.6 Å². The molecule has 35 heavy (non-hydrogen) atoms. The number of hydrogen-bond donors (Lipinski definition) is 0. The van der Waals surface area contributed by atoms with Gasteiger partial charge in [-0.3, -0.25) is 9.59 Å². The van der Waals surface area contributed by atoms with Crippen LogP contribution in [0.3, 0.4) is 0 Å². The Morgan fingerprint density at radius 3 is 2.26 bits per heavy atom. The molecule has 1 saturated carbocycles. The number of likely N-dealkylation sites (tertiary alicyclic amines) is 2. The molecule has 0 aromatic heterocycles. The molecule has 2 saturated heterocycles. The number of carbonyl (C=O) groups is 2. The Labute approximate surface area is 210 Å². The summed E-state index contributed by atoms with van der Waals surface area (Å²) >= 11 is 0. The minimum absolute atomic E-state index is 0.0629. The number of carbonyl (C=O) groups excluding carboxylic acids is 2. The standard InChI is InChI=1S/C31H40N2O2/c1-23-8-7-13-27(20-23)29-15-14-28(22-33(29)31(35)26-11-5-6-12-26)30(34)32-18-16-25(17-19-32)21-24-9-3-2-4-10-24/h2-4,7-10,13,20,25-26,28-29H,5-6,11-12,14-19,21-22H2,1H3/t28-,29-/m1/s1. The zero-order valence-corrected chi connectivity index (χ0v) is 21.2. The van der Waals surface area contributed by atoms with Crippen LogP contribution in [0.2, 0.25) is 0 Å². The molecule has 0 spiro atoms. The zero-order chi connectivity index (χ0) is 24.2. The molecule has 0 unspecified atom stereocenters. The Hall–Kier alpha value is -2.62. The van der Waals surface area contributed by atoms with Crippen LogP contribution in [0.5, 0.6) is 0 Å². The summed E-state index contributed by atoms with van der Waals surface area (Å²) in [6, 6.07) is 19.4. The second kappa shape index (κ2) is 11.0. The van der Waals surface area contributed by atoms with Crippen LogP contribution < -0.4 is 0 Å². The molecule has 5 rings (SSSR count). The van der Waals surface area contributed by atoms with E-state index in [-0.39, 0.29) is 29.7 Å². The van der Waals surface area contributed by atoms with Crippen LogP contribution in [0, 0.1) is 24.7 Å². The number of amides is 2. The third kappa shape index (κ3) is 5.63. The summed E-state index contributed by atoms with van der Waals surface area (Å²) in [6.07, 6.45) is 9.31. The van der Waals surface area contributed by atoms with Crippen molar-refractivity contribution in [2.45, 2.75) is 70.8 Å². The lowest BCUT2D eigenvalue weighted by atomic mass is 9.85. The van der Waals surface area contributed by atoms with Gasteiger partial charge >= 0.3 is 0 Å². The molecule has 3 aliphatic rings. The van der Waals surface area contributed by atoms with Crippen LogP contribution in [0.25, 0.3) is 0 Å². The van der Waals surface area contributed by atoms with Gasteiger partial charge in [0.05, 0.1) is 12.0 Å². The van der Waals surface area contributed by atoms with E-state index in [9.17, 15) is 9.59 Å². The lowest BCUT2D eigenvalue weighted by Gasteiger charge is -2.43. The second-order valence-electron chi connectivity index (χ2n) is 11.1. The first-order valence-electron chi connectivity index (χ1n) is 13.8. The van der Waals surface area contributed by atoms with Gasteiger partial charge in [0.15, 0.2) is 0 Å². The quantitative estimate of drug-likeness (QED) is 0.540. The van der Waals surface area contributed by atoms with E-state index in [2.05, 4.69) is 71.3 Å². The highest BCUT2D eigenvalue weighted by Crippen LogP contribution is 2.38. The molecule has 2 atom stereocenters. The Morgan fingerprint density at radius 1 is 0.800 bits per heavy atom. The van der Waals surface area contributed by atoms with Crippen molar-refractivity contribution in [2.75, 3.05) is 19.6 Å². The molecule has 2 amide bonds. The first kappa shape index (κ1) is 24.1. The molecule has 4 heteroatoms. The highest BCUT2D eigenvalue weighted by Gasteiger charge is 2.40. The summed E-state index contributed by atoms with van der Waals surface area (Å²) in [5, 5.41) is 0. The van der Waals surface area contributed by atoms with Crippen LogP contribution in [0.1, 0.15) is 74.1 Å². The monoisotopic (exact) mass is 472 g/mol. The predicted octanol–water partition coefficient (Wildman–Crippen LogP) is 5.95. The smallest absolute Gasteiger partial charge is 0.227 e. The van der Waals surface area contributed by atoms with Crippen molar-refractivity contribution in [1.29, 1.82) is 0 Å².